The smallest absolute Gasteiger partial charge is 0.104 e. The Bertz CT molecular complexity index is 66.1. The maximum Gasteiger partial charge on any atom is 0.104 e. The molecule has 0 aromatic heterocycles. The van der Waals surface area contributed by atoms with Crippen LogP contribution < -0.4 is 5.32 Å². The lowest BCUT2D eigenvalue weighted by Gasteiger charge is -1.82. The lowest BCUT2D eigenvalue weighted by Crippen LogP contribution is -1.93. The predicted molar refractivity (Wildman–Crippen MR) is 32.7 cm³/mol. The van der Waals surface area contributed by atoms with Crippen LogP contribution in [0.4, 0.5) is 0 Å². The van der Waals surface area contributed by atoms with Crippen molar-refractivity contribution in [3.05, 3.63) is 10.6 Å². The summed E-state index contributed by atoms with van der Waals surface area (Å²) in [4.78, 5) is 0. The van der Waals surface area contributed by atoms with E-state index < -0.39 is 0 Å². The van der Waals surface area contributed by atoms with Gasteiger partial charge >= 0.3 is 0 Å². The molecule has 0 aromatic carbocycles. The Morgan fingerprint density at radius 2 is 2.29 bits per heavy atom. The van der Waals surface area contributed by atoms with Crippen LogP contribution in [0.2, 0.25) is 0 Å². The van der Waals surface area contributed by atoms with Gasteiger partial charge in [-0.3, -0.25) is 0 Å². The molecule has 0 aromatic rings. The Morgan fingerprint density at radius 1 is 1.71 bits per heavy atom. The Balaban J connectivity index is 3.08. The van der Waals surface area contributed by atoms with Gasteiger partial charge in [0.05, 0.1) is 0 Å². The van der Waals surface area contributed by atoms with Gasteiger partial charge in [-0.2, -0.15) is 0 Å². The molecule has 0 aliphatic carbocycles. The summed E-state index contributed by atoms with van der Waals surface area (Å²) in [5.41, 5.74) is 0. The Kier molecular flexibility index (Phi) is 4.62. The van der Waals surface area contributed by atoms with Gasteiger partial charge in [0.15, 0.2) is 0 Å². The van der Waals surface area contributed by atoms with Crippen LogP contribution >= 0.6 is 23.2 Å². The van der Waals surface area contributed by atoms with Crippen molar-refractivity contribution in [1.29, 1.82) is 0 Å². The van der Waals surface area contributed by atoms with Crippen molar-refractivity contribution >= 4 is 23.2 Å². The van der Waals surface area contributed by atoms with Crippen LogP contribution in [0, 0.1) is 0 Å². The highest BCUT2D eigenvalue weighted by molar-refractivity contribution is 6.55. The van der Waals surface area contributed by atoms with Crippen molar-refractivity contribution in [1.82, 2.24) is 5.32 Å². The van der Waals surface area contributed by atoms with E-state index in [0.717, 1.165) is 0 Å². The van der Waals surface area contributed by atoms with Gasteiger partial charge in [-0.15, -0.1) is 0 Å². The molecule has 0 aliphatic rings. The summed E-state index contributed by atoms with van der Waals surface area (Å²) in [5.74, 6) is 0. The first-order valence-electron chi connectivity index (χ1n) is 1.84. The number of hydrogen-bond acceptors (Lipinski definition) is 0. The third-order valence-corrected chi connectivity index (χ3v) is 0.737. The maximum absolute atomic E-state index is 5.22. The van der Waals surface area contributed by atoms with Crippen LogP contribution in [0.25, 0.3) is 0 Å². The zero-order valence-electron chi connectivity index (χ0n) is 3.99. The fourth-order valence-corrected chi connectivity index (χ4v) is 0.298. The lowest BCUT2D eigenvalue weighted by molar-refractivity contribution is 0.899. The molecule has 0 spiro atoms. The van der Waals surface area contributed by atoms with Gasteiger partial charge in [-0.1, -0.05) is 23.2 Å². The first kappa shape index (κ1) is 7.28. The second-order valence-corrected chi connectivity index (χ2v) is 2.00. The van der Waals surface area contributed by atoms with E-state index in [2.05, 4.69) is 5.32 Å². The summed E-state index contributed by atoms with van der Waals surface area (Å²) < 4.78 is 0.283. The number of halogens is 2. The van der Waals surface area contributed by atoms with Crippen molar-refractivity contribution in [2.75, 3.05) is 13.6 Å². The molecule has 0 saturated carbocycles. The first-order chi connectivity index (χ1) is 3.27. The third kappa shape index (κ3) is 6.28. The Morgan fingerprint density at radius 3 is 2.43 bits per heavy atom. The fourth-order valence-electron chi connectivity index (χ4n) is 0.160. The predicted octanol–water partition coefficient (Wildman–Crippen LogP) is 1.54. The average Bonchev–Trinajstić information content (AvgIpc) is 1.61. The standard InChI is InChI=1S/C4H6Cl2N/c1-7-3-2-4(5)6/h2H,3H2,1H3. The van der Waals surface area contributed by atoms with E-state index in [-0.39, 0.29) is 4.49 Å². The highest BCUT2D eigenvalue weighted by Gasteiger charge is 1.78. The minimum Gasteiger partial charge on any atom is -0.241 e. The van der Waals surface area contributed by atoms with Crippen molar-refractivity contribution < 1.29 is 0 Å². The number of likely N-dealkylation sites (N-methyl/N-ethyl adjacent to an activating group) is 1. The van der Waals surface area contributed by atoms with Gasteiger partial charge in [0.1, 0.15) is 4.49 Å². The molecule has 0 fully saturated rings. The molecular weight excluding hydrogens is 133 g/mol. The van der Waals surface area contributed by atoms with E-state index >= 15 is 0 Å². The topological polar surface area (TPSA) is 14.1 Å². The molecule has 0 aliphatic heterocycles. The normalized spacial score (nSPS) is 8.43. The van der Waals surface area contributed by atoms with Crippen LogP contribution in [0.3, 0.4) is 0 Å². The molecular formula is C4H6Cl2N. The molecule has 0 atom stereocenters. The second-order valence-electron chi connectivity index (χ2n) is 0.993. The lowest BCUT2D eigenvalue weighted by atomic mass is 10.6. The van der Waals surface area contributed by atoms with Crippen LogP contribution in [0.5, 0.6) is 0 Å². The summed E-state index contributed by atoms with van der Waals surface area (Å²) in [6.07, 6.45) is 1.63. The van der Waals surface area contributed by atoms with E-state index in [9.17, 15) is 0 Å². The molecule has 0 heterocycles. The average molecular weight is 139 g/mol. The maximum atomic E-state index is 5.22. The van der Waals surface area contributed by atoms with Crippen LogP contribution in [0.1, 0.15) is 0 Å². The molecule has 0 amide bonds. The van der Waals surface area contributed by atoms with Gasteiger partial charge < -0.3 is 0 Å². The Labute approximate surface area is 53.3 Å². The molecule has 1 nitrogen and oxygen atoms in total. The third-order valence-electron chi connectivity index (χ3n) is 0.428. The van der Waals surface area contributed by atoms with E-state index in [0.29, 0.717) is 6.54 Å². The summed E-state index contributed by atoms with van der Waals surface area (Å²) >= 11 is 10.4. The van der Waals surface area contributed by atoms with E-state index in [4.69, 9.17) is 23.2 Å². The molecule has 1 radical (unpaired) electrons. The minimum absolute atomic E-state index is 0.283. The minimum atomic E-state index is 0.283. The molecule has 0 N–H and O–H groups in total. The van der Waals surface area contributed by atoms with Crippen molar-refractivity contribution in [2.45, 2.75) is 0 Å². The molecule has 0 rings (SSSR count). The van der Waals surface area contributed by atoms with Gasteiger partial charge in [-0.25, -0.2) is 5.32 Å². The monoisotopic (exact) mass is 138 g/mol. The van der Waals surface area contributed by atoms with Crippen molar-refractivity contribution in [3.63, 3.8) is 0 Å². The van der Waals surface area contributed by atoms with Gasteiger partial charge in [0.25, 0.3) is 0 Å². The molecule has 41 valence electrons. The zero-order chi connectivity index (χ0) is 5.70. The van der Waals surface area contributed by atoms with E-state index in [1.165, 1.54) is 0 Å². The number of rotatable bonds is 2. The van der Waals surface area contributed by atoms with E-state index in [1.54, 1.807) is 13.1 Å². The number of hydrogen-bond donors (Lipinski definition) is 0. The van der Waals surface area contributed by atoms with Crippen molar-refractivity contribution in [2.24, 2.45) is 0 Å². The van der Waals surface area contributed by atoms with Gasteiger partial charge in [-0.05, 0) is 6.08 Å². The first-order valence-corrected chi connectivity index (χ1v) is 2.59. The summed E-state index contributed by atoms with van der Waals surface area (Å²) in [6.45, 7) is 0.600. The van der Waals surface area contributed by atoms with Gasteiger partial charge in [0, 0.05) is 13.6 Å². The summed E-state index contributed by atoms with van der Waals surface area (Å²) in [5, 5.41) is 3.73. The number of nitrogens with zero attached hydrogens (tertiary/aromatic N) is 1. The SMILES string of the molecule is C[N]CC=C(Cl)Cl. The summed E-state index contributed by atoms with van der Waals surface area (Å²) in [6, 6.07) is 0. The fraction of sp³-hybridized carbons (Fsp3) is 0.500. The summed E-state index contributed by atoms with van der Waals surface area (Å²) in [7, 11) is 1.70. The largest absolute Gasteiger partial charge is 0.241 e. The van der Waals surface area contributed by atoms with Gasteiger partial charge in [0.2, 0.25) is 0 Å². The van der Waals surface area contributed by atoms with Crippen LogP contribution in [-0.2, 0) is 0 Å². The molecule has 0 saturated heterocycles. The highest BCUT2D eigenvalue weighted by Crippen LogP contribution is 2.03. The molecule has 0 bridgehead atoms. The molecule has 7 heavy (non-hydrogen) atoms. The quantitative estimate of drug-likeness (QED) is 0.550. The van der Waals surface area contributed by atoms with Crippen LogP contribution in [0.15, 0.2) is 10.6 Å². The second kappa shape index (κ2) is 4.44. The zero-order valence-corrected chi connectivity index (χ0v) is 5.50. The van der Waals surface area contributed by atoms with Crippen molar-refractivity contribution in [3.8, 4) is 0 Å². The molecule has 3 heteroatoms. The Hall–Kier alpha value is 0.280. The van der Waals surface area contributed by atoms with E-state index in [1.807, 2.05) is 0 Å². The highest BCUT2D eigenvalue weighted by atomic mass is 35.5. The van der Waals surface area contributed by atoms with Crippen LogP contribution in [-0.4, -0.2) is 13.6 Å². The molecule has 0 unspecified atom stereocenters.